The average Bonchev–Trinajstić information content (AvgIpc) is 3.20. The lowest BCUT2D eigenvalue weighted by Crippen LogP contribution is -2.48. The molecule has 0 saturated carbocycles. The van der Waals surface area contributed by atoms with Gasteiger partial charge in [-0.15, -0.1) is 0 Å². The van der Waals surface area contributed by atoms with Crippen LogP contribution in [-0.4, -0.2) is 49.4 Å². The predicted molar refractivity (Wildman–Crippen MR) is 85.5 cm³/mol. The number of nitrogens with zero attached hydrogens (tertiary/aromatic N) is 2. The van der Waals surface area contributed by atoms with Gasteiger partial charge in [-0.25, -0.2) is 4.98 Å². The van der Waals surface area contributed by atoms with Crippen molar-refractivity contribution in [2.24, 2.45) is 4.99 Å². The predicted octanol–water partition coefficient (Wildman–Crippen LogP) is 1.96. The number of fused-ring (bicyclic) bond motifs is 2. The topological polar surface area (TPSA) is 67.8 Å². The van der Waals surface area contributed by atoms with Crippen LogP contribution in [0.1, 0.15) is 24.8 Å². The Bertz CT molecular complexity index is 606. The summed E-state index contributed by atoms with van der Waals surface area (Å²) in [4.78, 5) is 7.82. The van der Waals surface area contributed by atoms with Crippen LogP contribution in [0, 0.1) is 0 Å². The van der Waals surface area contributed by atoms with Gasteiger partial charge >= 0.3 is 6.18 Å². The van der Waals surface area contributed by atoms with Gasteiger partial charge in [0.15, 0.2) is 5.96 Å². The van der Waals surface area contributed by atoms with Crippen molar-refractivity contribution in [1.82, 2.24) is 15.6 Å². The minimum Gasteiger partial charge on any atom is -0.476 e. The minimum atomic E-state index is -4.39. The molecule has 1 aromatic rings. The Balaban J connectivity index is 1.38. The largest absolute Gasteiger partial charge is 0.476 e. The van der Waals surface area contributed by atoms with E-state index in [0.717, 1.165) is 31.5 Å². The van der Waals surface area contributed by atoms with Crippen LogP contribution in [0.2, 0.25) is 0 Å². The summed E-state index contributed by atoms with van der Waals surface area (Å²) < 4.78 is 48.5. The lowest BCUT2D eigenvalue weighted by molar-refractivity contribution is -0.137. The Morgan fingerprint density at radius 2 is 2.24 bits per heavy atom. The molecule has 2 aliphatic rings. The van der Waals surface area contributed by atoms with Crippen LogP contribution in [0.25, 0.3) is 0 Å². The van der Waals surface area contributed by atoms with Crippen molar-refractivity contribution in [3.05, 3.63) is 23.9 Å². The second-order valence-corrected chi connectivity index (χ2v) is 6.09. The van der Waals surface area contributed by atoms with Crippen molar-refractivity contribution in [3.8, 4) is 5.88 Å². The van der Waals surface area contributed by atoms with E-state index in [2.05, 4.69) is 20.6 Å². The van der Waals surface area contributed by atoms with Crippen LogP contribution in [0.15, 0.2) is 23.3 Å². The highest BCUT2D eigenvalue weighted by Crippen LogP contribution is 2.34. The molecule has 2 N–H and O–H groups in total. The average molecular weight is 358 g/mol. The maximum atomic E-state index is 12.5. The first-order valence-electron chi connectivity index (χ1n) is 8.24. The highest BCUT2D eigenvalue weighted by Gasteiger charge is 2.41. The van der Waals surface area contributed by atoms with Gasteiger partial charge in [-0.2, -0.15) is 13.2 Å². The number of hydrogen-bond acceptors (Lipinski definition) is 4. The molecule has 0 aromatic carbocycles. The molecule has 9 heteroatoms. The van der Waals surface area contributed by atoms with Gasteiger partial charge in [0, 0.05) is 19.3 Å². The van der Waals surface area contributed by atoms with E-state index in [1.807, 2.05) is 0 Å². The fourth-order valence-corrected chi connectivity index (χ4v) is 3.12. The van der Waals surface area contributed by atoms with Gasteiger partial charge in [-0.05, 0) is 25.3 Å². The number of pyridine rings is 1. The quantitative estimate of drug-likeness (QED) is 0.479. The van der Waals surface area contributed by atoms with Crippen molar-refractivity contribution < 1.29 is 22.6 Å². The number of guanidine groups is 1. The molecule has 2 bridgehead atoms. The summed E-state index contributed by atoms with van der Waals surface area (Å²) in [6.45, 7) is 0.705. The highest BCUT2D eigenvalue weighted by atomic mass is 19.4. The smallest absolute Gasteiger partial charge is 0.417 e. The molecule has 6 nitrogen and oxygen atoms in total. The van der Waals surface area contributed by atoms with Crippen molar-refractivity contribution in [2.45, 2.75) is 43.7 Å². The van der Waals surface area contributed by atoms with Gasteiger partial charge in [0.05, 0.1) is 30.4 Å². The molecular formula is C16H21F3N4O2. The van der Waals surface area contributed by atoms with E-state index in [-0.39, 0.29) is 24.6 Å². The maximum Gasteiger partial charge on any atom is 0.417 e. The number of halogens is 3. The number of nitrogens with one attached hydrogen (secondary N) is 2. The maximum absolute atomic E-state index is 12.5. The molecule has 2 fully saturated rings. The van der Waals surface area contributed by atoms with Crippen molar-refractivity contribution >= 4 is 5.96 Å². The standard InChI is InChI=1S/C16H21F3N4O2/c1-20-15(23-12-8-11-3-4-13(12)25-11)21-6-7-24-14-5-2-10(9-22-14)16(17,18)19/h2,5,9,11-13H,3-4,6-8H2,1H3,(H2,20,21,23). The monoisotopic (exact) mass is 358 g/mol. The van der Waals surface area contributed by atoms with Gasteiger partial charge in [0.2, 0.25) is 5.88 Å². The van der Waals surface area contributed by atoms with Crippen LogP contribution in [0.3, 0.4) is 0 Å². The Morgan fingerprint density at radius 3 is 2.80 bits per heavy atom. The summed E-state index contributed by atoms with van der Waals surface area (Å²) in [7, 11) is 1.68. The molecule has 0 spiro atoms. The van der Waals surface area contributed by atoms with Crippen LogP contribution in [0.4, 0.5) is 13.2 Å². The molecule has 3 heterocycles. The van der Waals surface area contributed by atoms with E-state index in [0.29, 0.717) is 18.6 Å². The molecule has 0 aliphatic carbocycles. The first-order chi connectivity index (χ1) is 12.0. The minimum absolute atomic E-state index is 0.152. The number of aromatic nitrogens is 1. The molecule has 2 saturated heterocycles. The number of rotatable bonds is 5. The number of ether oxygens (including phenoxy) is 2. The van der Waals surface area contributed by atoms with Gasteiger partial charge in [-0.1, -0.05) is 0 Å². The molecule has 3 rings (SSSR count). The Labute approximate surface area is 143 Å². The zero-order valence-corrected chi connectivity index (χ0v) is 13.8. The van der Waals surface area contributed by atoms with Crippen LogP contribution in [-0.2, 0) is 10.9 Å². The van der Waals surface area contributed by atoms with Gasteiger partial charge < -0.3 is 20.1 Å². The first-order valence-corrected chi connectivity index (χ1v) is 8.24. The summed E-state index contributed by atoms with van der Waals surface area (Å²) in [5.74, 6) is 0.810. The molecule has 1 aromatic heterocycles. The molecule has 0 amide bonds. The van der Waals surface area contributed by atoms with Crippen molar-refractivity contribution in [3.63, 3.8) is 0 Å². The SMILES string of the molecule is CN=C(NCCOc1ccc(C(F)(F)F)cn1)NC1CC2CCC1O2. The number of aliphatic imine (C=N–C) groups is 1. The van der Waals surface area contributed by atoms with E-state index in [1.165, 1.54) is 6.07 Å². The van der Waals surface area contributed by atoms with E-state index >= 15 is 0 Å². The molecular weight excluding hydrogens is 337 g/mol. The Morgan fingerprint density at radius 1 is 1.40 bits per heavy atom. The molecule has 3 unspecified atom stereocenters. The summed E-state index contributed by atoms with van der Waals surface area (Å²) in [5, 5.41) is 6.45. The molecule has 2 aliphatic heterocycles. The fourth-order valence-electron chi connectivity index (χ4n) is 3.12. The summed E-state index contributed by atoms with van der Waals surface area (Å²) >= 11 is 0. The lowest BCUT2D eigenvalue weighted by Gasteiger charge is -2.22. The van der Waals surface area contributed by atoms with Crippen LogP contribution < -0.4 is 15.4 Å². The third kappa shape index (κ3) is 4.53. The third-order valence-electron chi connectivity index (χ3n) is 4.36. The van der Waals surface area contributed by atoms with E-state index in [9.17, 15) is 13.2 Å². The highest BCUT2D eigenvalue weighted by molar-refractivity contribution is 5.80. The van der Waals surface area contributed by atoms with Crippen LogP contribution >= 0.6 is 0 Å². The van der Waals surface area contributed by atoms with Crippen molar-refractivity contribution in [1.29, 1.82) is 0 Å². The van der Waals surface area contributed by atoms with E-state index in [1.54, 1.807) is 7.05 Å². The van der Waals surface area contributed by atoms with Gasteiger partial charge in [0.25, 0.3) is 0 Å². The van der Waals surface area contributed by atoms with E-state index in [4.69, 9.17) is 9.47 Å². The number of hydrogen-bond donors (Lipinski definition) is 2. The normalized spacial score (nSPS) is 25.9. The van der Waals surface area contributed by atoms with Gasteiger partial charge in [0.1, 0.15) is 6.61 Å². The molecule has 138 valence electrons. The zero-order chi connectivity index (χ0) is 17.9. The lowest BCUT2D eigenvalue weighted by atomic mass is 9.96. The Hall–Kier alpha value is -2.03. The number of alkyl halides is 3. The second-order valence-electron chi connectivity index (χ2n) is 6.09. The summed E-state index contributed by atoms with van der Waals surface area (Å²) in [6.07, 6.45) is 0.153. The molecule has 3 atom stereocenters. The zero-order valence-electron chi connectivity index (χ0n) is 13.8. The molecule has 0 radical (unpaired) electrons. The summed E-state index contributed by atoms with van der Waals surface area (Å²) in [6, 6.07) is 2.43. The van der Waals surface area contributed by atoms with Gasteiger partial charge in [-0.3, -0.25) is 4.99 Å². The van der Waals surface area contributed by atoms with Crippen molar-refractivity contribution in [2.75, 3.05) is 20.2 Å². The first kappa shape index (κ1) is 17.8. The summed E-state index contributed by atoms with van der Waals surface area (Å²) in [5.41, 5.74) is -0.796. The van der Waals surface area contributed by atoms with Crippen LogP contribution in [0.5, 0.6) is 5.88 Å². The van der Waals surface area contributed by atoms with E-state index < -0.39 is 11.7 Å². The third-order valence-corrected chi connectivity index (χ3v) is 4.36. The second kappa shape index (κ2) is 7.47. The Kier molecular flexibility index (Phi) is 5.31. The fraction of sp³-hybridized carbons (Fsp3) is 0.625. The molecule has 25 heavy (non-hydrogen) atoms.